The molecule has 0 bridgehead atoms. The minimum absolute atomic E-state index is 0. The van der Waals surface area contributed by atoms with E-state index in [0.29, 0.717) is 0 Å². The van der Waals surface area contributed by atoms with E-state index in [2.05, 4.69) is 28.8 Å². The summed E-state index contributed by atoms with van der Waals surface area (Å²) < 4.78 is 0. The number of hydrogen-bond donors (Lipinski definition) is 2. The molecule has 17 heavy (non-hydrogen) atoms. The summed E-state index contributed by atoms with van der Waals surface area (Å²) in [6.07, 6.45) is 7.93. The van der Waals surface area contributed by atoms with Crippen LogP contribution >= 0.6 is 12.4 Å². The highest BCUT2D eigenvalue weighted by molar-refractivity contribution is 5.85. The molecule has 2 saturated heterocycles. The molecule has 0 aromatic carbocycles. The maximum atomic E-state index is 3.33. The first kappa shape index (κ1) is 13.2. The van der Waals surface area contributed by atoms with Crippen molar-refractivity contribution < 1.29 is 0 Å². The molecule has 2 heterocycles. The Hall–Kier alpha value is -0.250. The summed E-state index contributed by atoms with van der Waals surface area (Å²) in [6, 6.07) is 0.823. The molecule has 3 aliphatic rings. The summed E-state index contributed by atoms with van der Waals surface area (Å²) in [5, 5.41) is 0. The van der Waals surface area contributed by atoms with Crippen LogP contribution in [-0.2, 0) is 0 Å². The van der Waals surface area contributed by atoms with Crippen molar-refractivity contribution in [3.8, 4) is 0 Å². The zero-order valence-electron chi connectivity index (χ0n) is 10.6. The minimum atomic E-state index is 0. The summed E-state index contributed by atoms with van der Waals surface area (Å²) in [5.41, 5.74) is 8.09. The van der Waals surface area contributed by atoms with Gasteiger partial charge in [-0.15, -0.1) is 12.4 Å². The van der Waals surface area contributed by atoms with E-state index in [9.17, 15) is 0 Å². The summed E-state index contributed by atoms with van der Waals surface area (Å²) >= 11 is 0. The van der Waals surface area contributed by atoms with E-state index < -0.39 is 0 Å². The fourth-order valence-corrected chi connectivity index (χ4v) is 3.64. The Balaban J connectivity index is 0.00000108. The smallest absolute Gasteiger partial charge is 0.0270 e. The molecular weight excluding hydrogens is 234 g/mol. The van der Waals surface area contributed by atoms with E-state index in [-0.39, 0.29) is 12.4 Å². The molecule has 3 rings (SSSR count). The van der Waals surface area contributed by atoms with Crippen LogP contribution in [0.25, 0.3) is 0 Å². The third-order valence-electron chi connectivity index (χ3n) is 4.40. The molecule has 2 N–H and O–H groups in total. The number of likely N-dealkylation sites (tertiary alicyclic amines) is 1. The molecule has 1 aliphatic carbocycles. The van der Waals surface area contributed by atoms with Gasteiger partial charge in [-0.2, -0.15) is 0 Å². The number of hydrogen-bond acceptors (Lipinski definition) is 3. The lowest BCUT2D eigenvalue weighted by Gasteiger charge is -2.44. The average molecular weight is 258 g/mol. The van der Waals surface area contributed by atoms with E-state index in [1.807, 2.05) is 0 Å². The molecule has 3 unspecified atom stereocenters. The number of nitrogens with zero attached hydrogens (tertiary/aromatic N) is 1. The highest BCUT2D eigenvalue weighted by Crippen LogP contribution is 2.37. The number of halogens is 1. The predicted octanol–water partition coefficient (Wildman–Crippen LogP) is 1.91. The Morgan fingerprint density at radius 1 is 1.47 bits per heavy atom. The van der Waals surface area contributed by atoms with Gasteiger partial charge in [0.15, 0.2) is 0 Å². The first-order valence-corrected chi connectivity index (χ1v) is 6.83. The first-order chi connectivity index (χ1) is 7.88. The molecule has 0 radical (unpaired) electrons. The van der Waals surface area contributed by atoms with Gasteiger partial charge in [0.25, 0.3) is 0 Å². The van der Waals surface area contributed by atoms with Gasteiger partial charge in [0.05, 0.1) is 0 Å². The van der Waals surface area contributed by atoms with E-state index >= 15 is 0 Å². The monoisotopic (exact) mass is 257 g/mol. The lowest BCUT2D eigenvalue weighted by molar-refractivity contribution is 0.0908. The SMILES string of the molecule is CCCN1CCCC2C=C3NNCC3CC21.Cl. The van der Waals surface area contributed by atoms with Crippen molar-refractivity contribution in [2.75, 3.05) is 19.6 Å². The third kappa shape index (κ3) is 2.47. The molecule has 0 aromatic rings. The van der Waals surface area contributed by atoms with Crippen molar-refractivity contribution in [1.82, 2.24) is 15.8 Å². The molecule has 0 amide bonds. The summed E-state index contributed by atoms with van der Waals surface area (Å²) in [7, 11) is 0. The molecule has 98 valence electrons. The molecule has 4 heteroatoms. The second-order valence-corrected chi connectivity index (χ2v) is 5.47. The predicted molar refractivity (Wildman–Crippen MR) is 73.0 cm³/mol. The van der Waals surface area contributed by atoms with Crippen LogP contribution < -0.4 is 10.9 Å². The topological polar surface area (TPSA) is 27.3 Å². The lowest BCUT2D eigenvalue weighted by atomic mass is 9.77. The average Bonchev–Trinajstić information content (AvgIpc) is 2.74. The molecule has 2 aliphatic heterocycles. The van der Waals surface area contributed by atoms with Gasteiger partial charge in [-0.05, 0) is 44.7 Å². The number of nitrogens with one attached hydrogen (secondary N) is 2. The fourth-order valence-electron chi connectivity index (χ4n) is 3.64. The molecule has 2 fully saturated rings. The van der Waals surface area contributed by atoms with Gasteiger partial charge < -0.3 is 5.43 Å². The van der Waals surface area contributed by atoms with Crippen LogP contribution in [0.5, 0.6) is 0 Å². The third-order valence-corrected chi connectivity index (χ3v) is 4.40. The quantitative estimate of drug-likeness (QED) is 0.792. The molecular formula is C13H24ClN3. The van der Waals surface area contributed by atoms with Crippen LogP contribution in [0, 0.1) is 11.8 Å². The van der Waals surface area contributed by atoms with Crippen LogP contribution in [0.15, 0.2) is 11.8 Å². The van der Waals surface area contributed by atoms with Gasteiger partial charge in [-0.3, -0.25) is 4.90 Å². The largest absolute Gasteiger partial charge is 0.326 e. The Morgan fingerprint density at radius 2 is 2.35 bits per heavy atom. The van der Waals surface area contributed by atoms with Crippen LogP contribution in [0.4, 0.5) is 0 Å². The van der Waals surface area contributed by atoms with Crippen molar-refractivity contribution in [2.24, 2.45) is 11.8 Å². The van der Waals surface area contributed by atoms with E-state index in [1.54, 1.807) is 0 Å². The van der Waals surface area contributed by atoms with Crippen LogP contribution in [0.1, 0.15) is 32.6 Å². The summed E-state index contributed by atoms with van der Waals surface area (Å²) in [4.78, 5) is 2.74. The van der Waals surface area contributed by atoms with Gasteiger partial charge in [-0.25, -0.2) is 5.43 Å². The summed E-state index contributed by atoms with van der Waals surface area (Å²) in [5.74, 6) is 1.55. The van der Waals surface area contributed by atoms with Crippen LogP contribution in [-0.4, -0.2) is 30.6 Å². The number of hydrazine groups is 1. The number of rotatable bonds is 2. The molecule has 3 nitrogen and oxygen atoms in total. The summed E-state index contributed by atoms with van der Waals surface area (Å²) in [6.45, 7) is 6.03. The van der Waals surface area contributed by atoms with Crippen molar-refractivity contribution in [2.45, 2.75) is 38.6 Å². The van der Waals surface area contributed by atoms with Crippen molar-refractivity contribution in [1.29, 1.82) is 0 Å². The molecule has 0 aromatic heterocycles. The zero-order chi connectivity index (χ0) is 11.0. The highest BCUT2D eigenvalue weighted by atomic mass is 35.5. The maximum Gasteiger partial charge on any atom is 0.0270 e. The first-order valence-electron chi connectivity index (χ1n) is 6.83. The van der Waals surface area contributed by atoms with Gasteiger partial charge in [0.1, 0.15) is 0 Å². The Kier molecular flexibility index (Phi) is 4.34. The Bertz CT molecular complexity index is 290. The molecule has 3 atom stereocenters. The normalized spacial score (nSPS) is 36.3. The second kappa shape index (κ2) is 5.59. The Morgan fingerprint density at radius 3 is 3.18 bits per heavy atom. The number of fused-ring (bicyclic) bond motifs is 2. The van der Waals surface area contributed by atoms with Crippen molar-refractivity contribution in [3.05, 3.63) is 11.8 Å². The molecule has 0 saturated carbocycles. The standard InChI is InChI=1S/C13H23N3.ClH/c1-2-5-16-6-3-4-10-7-12-11(8-13(10)16)9-14-15-12;/h7,10-11,13-15H,2-6,8-9H2,1H3;1H. The van der Waals surface area contributed by atoms with Gasteiger partial charge in [0.2, 0.25) is 0 Å². The van der Waals surface area contributed by atoms with Gasteiger partial charge >= 0.3 is 0 Å². The van der Waals surface area contributed by atoms with Gasteiger partial charge in [0, 0.05) is 24.2 Å². The maximum absolute atomic E-state index is 3.33. The zero-order valence-corrected chi connectivity index (χ0v) is 11.4. The van der Waals surface area contributed by atoms with E-state index in [1.165, 1.54) is 44.5 Å². The van der Waals surface area contributed by atoms with Crippen LogP contribution in [0.3, 0.4) is 0 Å². The molecule has 0 spiro atoms. The van der Waals surface area contributed by atoms with Gasteiger partial charge in [-0.1, -0.05) is 13.0 Å². The highest BCUT2D eigenvalue weighted by Gasteiger charge is 2.38. The lowest BCUT2D eigenvalue weighted by Crippen LogP contribution is -2.48. The van der Waals surface area contributed by atoms with Crippen LogP contribution in [0.2, 0.25) is 0 Å². The number of piperidine rings is 1. The Labute approximate surface area is 110 Å². The van der Waals surface area contributed by atoms with E-state index in [4.69, 9.17) is 0 Å². The van der Waals surface area contributed by atoms with E-state index in [0.717, 1.165) is 24.4 Å². The second-order valence-electron chi connectivity index (χ2n) is 5.47. The van der Waals surface area contributed by atoms with Crippen molar-refractivity contribution in [3.63, 3.8) is 0 Å². The minimum Gasteiger partial charge on any atom is -0.326 e. The van der Waals surface area contributed by atoms with Crippen molar-refractivity contribution >= 4 is 12.4 Å². The fraction of sp³-hybridized carbons (Fsp3) is 0.846.